The number of halogens is 2. The molecule has 0 saturated heterocycles. The lowest BCUT2D eigenvalue weighted by atomic mass is 9.86. The Bertz CT molecular complexity index is 511. The molecule has 1 aromatic carbocycles. The molecule has 1 aromatic rings. The van der Waals surface area contributed by atoms with Crippen LogP contribution in [0.3, 0.4) is 0 Å². The Morgan fingerprint density at radius 2 is 1.95 bits per heavy atom. The average Bonchev–Trinajstić information content (AvgIpc) is 2.27. The van der Waals surface area contributed by atoms with Gasteiger partial charge in [0.25, 0.3) is 5.91 Å². The maximum absolute atomic E-state index is 12.1. The van der Waals surface area contributed by atoms with E-state index in [0.29, 0.717) is 4.47 Å². The third kappa shape index (κ3) is 3.94. The molecule has 19 heavy (non-hydrogen) atoms. The van der Waals surface area contributed by atoms with Crippen molar-refractivity contribution in [2.24, 2.45) is 5.41 Å². The molecule has 0 aliphatic heterocycles. The minimum absolute atomic E-state index is 0.242. The molecule has 0 radical (unpaired) electrons. The first-order valence-electron chi connectivity index (χ1n) is 5.62. The summed E-state index contributed by atoms with van der Waals surface area (Å²) in [7, 11) is 0. The lowest BCUT2D eigenvalue weighted by Gasteiger charge is -2.27. The number of hydrogen-bond donors (Lipinski definition) is 2. The molecule has 0 heterocycles. The van der Waals surface area contributed by atoms with Crippen LogP contribution in [-0.4, -0.2) is 23.0 Å². The number of aliphatic carboxylic acids is 1. The Labute approximate surface area is 125 Å². The fraction of sp³-hybridized carbons (Fsp3) is 0.385. The summed E-state index contributed by atoms with van der Waals surface area (Å²) in [6.45, 7) is 5.23. The Morgan fingerprint density at radius 3 is 2.42 bits per heavy atom. The van der Waals surface area contributed by atoms with Crippen LogP contribution < -0.4 is 5.32 Å². The molecule has 4 nitrogen and oxygen atoms in total. The maximum Gasteiger partial charge on any atom is 0.326 e. The molecule has 1 unspecified atom stereocenters. The normalized spacial score (nSPS) is 12.9. The van der Waals surface area contributed by atoms with Crippen LogP contribution in [-0.2, 0) is 4.79 Å². The summed E-state index contributed by atoms with van der Waals surface area (Å²) in [4.78, 5) is 23.3. The van der Waals surface area contributed by atoms with E-state index in [1.165, 1.54) is 0 Å². The molecule has 2 N–H and O–H groups in total. The SMILES string of the molecule is CC(C)(C)C(NC(=O)c1cccc(Br)c1Cl)C(=O)O. The summed E-state index contributed by atoms with van der Waals surface area (Å²) in [5.41, 5.74) is -0.355. The second-order valence-corrected chi connectivity index (χ2v) is 6.44. The van der Waals surface area contributed by atoms with E-state index in [1.807, 2.05) is 0 Å². The quantitative estimate of drug-likeness (QED) is 0.880. The summed E-state index contributed by atoms with van der Waals surface area (Å²) in [5, 5.41) is 11.9. The molecule has 6 heteroatoms. The van der Waals surface area contributed by atoms with Crippen LogP contribution in [0.5, 0.6) is 0 Å². The number of nitrogens with one attached hydrogen (secondary N) is 1. The monoisotopic (exact) mass is 347 g/mol. The van der Waals surface area contributed by atoms with E-state index in [0.717, 1.165) is 0 Å². The zero-order valence-electron chi connectivity index (χ0n) is 10.8. The predicted octanol–water partition coefficient (Wildman–Crippen LogP) is 3.33. The fourth-order valence-electron chi connectivity index (χ4n) is 1.54. The van der Waals surface area contributed by atoms with Crippen molar-refractivity contribution in [2.75, 3.05) is 0 Å². The molecule has 1 amide bonds. The molecule has 0 spiro atoms. The van der Waals surface area contributed by atoms with Gasteiger partial charge >= 0.3 is 5.97 Å². The number of carboxylic acids is 1. The molecule has 0 saturated carbocycles. The standard InChI is InChI=1S/C13H15BrClNO3/c1-13(2,3)10(12(18)19)16-11(17)7-5-4-6-8(14)9(7)15/h4-6,10H,1-3H3,(H,16,17)(H,18,19). The van der Waals surface area contributed by atoms with Gasteiger partial charge in [-0.1, -0.05) is 38.4 Å². The molecule has 1 rings (SSSR count). The molecule has 1 atom stereocenters. The number of amides is 1. The maximum atomic E-state index is 12.1. The van der Waals surface area contributed by atoms with Crippen LogP contribution >= 0.6 is 27.5 Å². The van der Waals surface area contributed by atoms with Crippen molar-refractivity contribution in [3.05, 3.63) is 33.3 Å². The van der Waals surface area contributed by atoms with Gasteiger partial charge in [-0.3, -0.25) is 4.79 Å². The van der Waals surface area contributed by atoms with Crippen molar-refractivity contribution >= 4 is 39.4 Å². The zero-order chi connectivity index (χ0) is 14.8. The topological polar surface area (TPSA) is 66.4 Å². The van der Waals surface area contributed by atoms with Crippen molar-refractivity contribution in [2.45, 2.75) is 26.8 Å². The third-order valence-electron chi connectivity index (χ3n) is 2.58. The Hall–Kier alpha value is -1.07. The summed E-state index contributed by atoms with van der Waals surface area (Å²) in [6.07, 6.45) is 0. The van der Waals surface area contributed by atoms with E-state index in [9.17, 15) is 14.7 Å². The molecule has 0 fully saturated rings. The molecule has 0 aromatic heterocycles. The highest BCUT2D eigenvalue weighted by Gasteiger charge is 2.33. The molecule has 0 aliphatic carbocycles. The van der Waals surface area contributed by atoms with Gasteiger partial charge in [0, 0.05) is 4.47 Å². The van der Waals surface area contributed by atoms with E-state index in [1.54, 1.807) is 39.0 Å². The third-order valence-corrected chi connectivity index (χ3v) is 3.88. The summed E-state index contributed by atoms with van der Waals surface area (Å²) < 4.78 is 0.587. The Morgan fingerprint density at radius 1 is 1.37 bits per heavy atom. The van der Waals surface area contributed by atoms with Gasteiger partial charge in [-0.05, 0) is 33.5 Å². The van der Waals surface area contributed by atoms with Crippen molar-refractivity contribution in [1.82, 2.24) is 5.32 Å². The van der Waals surface area contributed by atoms with E-state index in [-0.39, 0.29) is 10.6 Å². The number of carboxylic acid groups (broad SMARTS) is 1. The fourth-order valence-corrected chi connectivity index (χ4v) is 2.11. The van der Waals surface area contributed by atoms with Crippen LogP contribution in [0, 0.1) is 5.41 Å². The second kappa shape index (κ2) is 5.92. The van der Waals surface area contributed by atoms with E-state index in [4.69, 9.17) is 11.6 Å². The van der Waals surface area contributed by atoms with Crippen LogP contribution in [0.25, 0.3) is 0 Å². The first-order valence-corrected chi connectivity index (χ1v) is 6.79. The lowest BCUT2D eigenvalue weighted by molar-refractivity contribution is -0.142. The van der Waals surface area contributed by atoms with Crippen LogP contribution in [0.4, 0.5) is 0 Å². The minimum atomic E-state index is -1.08. The van der Waals surface area contributed by atoms with Gasteiger partial charge in [-0.15, -0.1) is 0 Å². The van der Waals surface area contributed by atoms with Gasteiger partial charge in [0.05, 0.1) is 10.6 Å². The molecule has 104 valence electrons. The van der Waals surface area contributed by atoms with Gasteiger partial charge < -0.3 is 10.4 Å². The average molecular weight is 349 g/mol. The van der Waals surface area contributed by atoms with Crippen molar-refractivity contribution < 1.29 is 14.7 Å². The number of hydrogen-bond acceptors (Lipinski definition) is 2. The minimum Gasteiger partial charge on any atom is -0.480 e. The second-order valence-electron chi connectivity index (χ2n) is 5.21. The molecular weight excluding hydrogens is 334 g/mol. The number of carbonyl (C=O) groups excluding carboxylic acids is 1. The van der Waals surface area contributed by atoms with E-state index in [2.05, 4.69) is 21.2 Å². The summed E-state index contributed by atoms with van der Waals surface area (Å²) in [5.74, 6) is -1.58. The first kappa shape index (κ1) is 16.0. The van der Waals surface area contributed by atoms with Gasteiger partial charge in [0.1, 0.15) is 6.04 Å². The van der Waals surface area contributed by atoms with Crippen LogP contribution in [0.2, 0.25) is 5.02 Å². The predicted molar refractivity (Wildman–Crippen MR) is 77.5 cm³/mol. The smallest absolute Gasteiger partial charge is 0.326 e. The van der Waals surface area contributed by atoms with Gasteiger partial charge in [-0.2, -0.15) is 0 Å². The van der Waals surface area contributed by atoms with E-state index < -0.39 is 23.3 Å². The number of carbonyl (C=O) groups is 2. The van der Waals surface area contributed by atoms with Crippen molar-refractivity contribution in [3.8, 4) is 0 Å². The highest BCUT2D eigenvalue weighted by molar-refractivity contribution is 9.10. The number of benzene rings is 1. The lowest BCUT2D eigenvalue weighted by Crippen LogP contribution is -2.49. The van der Waals surface area contributed by atoms with Gasteiger partial charge in [0.2, 0.25) is 0 Å². The van der Waals surface area contributed by atoms with Crippen LogP contribution in [0.15, 0.2) is 22.7 Å². The van der Waals surface area contributed by atoms with Gasteiger partial charge in [-0.25, -0.2) is 4.79 Å². The summed E-state index contributed by atoms with van der Waals surface area (Å²) >= 11 is 9.23. The zero-order valence-corrected chi connectivity index (χ0v) is 13.2. The highest BCUT2D eigenvalue weighted by Crippen LogP contribution is 2.27. The van der Waals surface area contributed by atoms with Crippen molar-refractivity contribution in [3.63, 3.8) is 0 Å². The Kier molecular flexibility index (Phi) is 4.98. The van der Waals surface area contributed by atoms with Crippen LogP contribution in [0.1, 0.15) is 31.1 Å². The first-order chi connectivity index (χ1) is 8.64. The number of rotatable bonds is 3. The Balaban J connectivity index is 3.02. The van der Waals surface area contributed by atoms with E-state index >= 15 is 0 Å². The van der Waals surface area contributed by atoms with Gasteiger partial charge in [0.15, 0.2) is 0 Å². The molecule has 0 aliphatic rings. The molecular formula is C13H15BrClNO3. The molecule has 0 bridgehead atoms. The van der Waals surface area contributed by atoms with Crippen molar-refractivity contribution in [1.29, 1.82) is 0 Å². The summed E-state index contributed by atoms with van der Waals surface area (Å²) in [6, 6.07) is 3.93. The largest absolute Gasteiger partial charge is 0.480 e. The highest BCUT2D eigenvalue weighted by atomic mass is 79.9.